The number of benzene rings is 2. The molecule has 1 amide bonds. The molecule has 0 spiro atoms. The molecule has 0 saturated carbocycles. The average Bonchev–Trinajstić information content (AvgIpc) is 2.78. The summed E-state index contributed by atoms with van der Waals surface area (Å²) in [6.07, 6.45) is 0.471. The van der Waals surface area contributed by atoms with Gasteiger partial charge in [-0.15, -0.1) is 0 Å². The van der Waals surface area contributed by atoms with E-state index in [1.54, 1.807) is 19.1 Å². The van der Waals surface area contributed by atoms with Gasteiger partial charge in [-0.2, -0.15) is 0 Å². The molecule has 156 valence electrons. The number of amides is 1. The van der Waals surface area contributed by atoms with Crippen LogP contribution in [0.5, 0.6) is 17.2 Å². The van der Waals surface area contributed by atoms with Crippen molar-refractivity contribution in [3.8, 4) is 17.2 Å². The third kappa shape index (κ3) is 5.77. The van der Waals surface area contributed by atoms with Crippen molar-refractivity contribution < 1.29 is 23.7 Å². The second-order valence-corrected chi connectivity index (χ2v) is 6.77. The Kier molecular flexibility index (Phi) is 7.58. The van der Waals surface area contributed by atoms with Gasteiger partial charge in [-0.1, -0.05) is 36.4 Å². The summed E-state index contributed by atoms with van der Waals surface area (Å²) in [5.41, 5.74) is 0.980. The van der Waals surface area contributed by atoms with E-state index in [9.17, 15) is 4.79 Å². The van der Waals surface area contributed by atoms with E-state index in [0.29, 0.717) is 36.9 Å². The molecule has 1 fully saturated rings. The minimum Gasteiger partial charge on any atom is -0.493 e. The van der Waals surface area contributed by atoms with Crippen molar-refractivity contribution >= 4 is 6.09 Å². The number of nitrogens with zero attached hydrogens (tertiary/aromatic N) is 1. The number of rotatable bonds is 8. The maximum Gasteiger partial charge on any atom is 0.410 e. The molecule has 1 heterocycles. The van der Waals surface area contributed by atoms with Gasteiger partial charge in [0.05, 0.1) is 20.8 Å². The molecule has 0 unspecified atom stereocenters. The zero-order valence-corrected chi connectivity index (χ0v) is 16.9. The first kappa shape index (κ1) is 20.8. The van der Waals surface area contributed by atoms with E-state index in [4.69, 9.17) is 18.9 Å². The van der Waals surface area contributed by atoms with E-state index in [1.807, 2.05) is 48.5 Å². The molecule has 0 bridgehead atoms. The second kappa shape index (κ2) is 10.6. The van der Waals surface area contributed by atoms with Crippen LogP contribution in [-0.4, -0.2) is 57.5 Å². The molecular weight excluding hydrogens is 372 g/mol. The number of para-hydroxylation sites is 1. The van der Waals surface area contributed by atoms with Crippen LogP contribution in [0, 0.1) is 0 Å². The second-order valence-electron chi connectivity index (χ2n) is 6.77. The lowest BCUT2D eigenvalue weighted by molar-refractivity contribution is 0.0826. The van der Waals surface area contributed by atoms with Gasteiger partial charge in [-0.25, -0.2) is 4.79 Å². The first-order valence-electron chi connectivity index (χ1n) is 9.74. The predicted molar refractivity (Wildman–Crippen MR) is 110 cm³/mol. The van der Waals surface area contributed by atoms with Crippen molar-refractivity contribution in [2.24, 2.45) is 0 Å². The molecule has 1 atom stereocenters. The molecule has 29 heavy (non-hydrogen) atoms. The number of hydrogen-bond acceptors (Lipinski definition) is 6. The molecular formula is C22H28N2O5. The highest BCUT2D eigenvalue weighted by Crippen LogP contribution is 2.36. The average molecular weight is 400 g/mol. The molecule has 0 radical (unpaired) electrons. The monoisotopic (exact) mass is 400 g/mol. The molecule has 3 rings (SSSR count). The lowest BCUT2D eigenvalue weighted by Crippen LogP contribution is -2.53. The van der Waals surface area contributed by atoms with E-state index < -0.39 is 0 Å². The summed E-state index contributed by atoms with van der Waals surface area (Å²) >= 11 is 0. The summed E-state index contributed by atoms with van der Waals surface area (Å²) < 4.78 is 22.0. The van der Waals surface area contributed by atoms with Crippen LogP contribution in [0.25, 0.3) is 0 Å². The SMILES string of the molecule is COc1cccc(OCC[C@@H]2CN(C(=O)OCc3ccccc3)CCN2)c1OC. The lowest BCUT2D eigenvalue weighted by Gasteiger charge is -2.33. The standard InChI is InChI=1S/C22H28N2O5/c1-26-19-9-6-10-20(21(19)27-2)28-14-11-18-15-24(13-12-23-18)22(25)29-16-17-7-4-3-5-8-17/h3-10,18,23H,11-16H2,1-2H3/t18-/m1/s1. The number of nitrogens with one attached hydrogen (secondary N) is 1. The lowest BCUT2D eigenvalue weighted by atomic mass is 10.1. The Bertz CT molecular complexity index is 784. The molecule has 1 saturated heterocycles. The largest absolute Gasteiger partial charge is 0.493 e. The summed E-state index contributed by atoms with van der Waals surface area (Å²) in [5.74, 6) is 1.85. The number of carbonyl (C=O) groups excluding carboxylic acids is 1. The van der Waals surface area contributed by atoms with Crippen LogP contribution in [0.15, 0.2) is 48.5 Å². The van der Waals surface area contributed by atoms with E-state index in [2.05, 4.69) is 5.32 Å². The zero-order chi connectivity index (χ0) is 20.5. The van der Waals surface area contributed by atoms with Gasteiger partial charge >= 0.3 is 6.09 Å². The van der Waals surface area contributed by atoms with Gasteiger partial charge in [-0.3, -0.25) is 0 Å². The van der Waals surface area contributed by atoms with Gasteiger partial charge in [0, 0.05) is 25.7 Å². The first-order chi connectivity index (χ1) is 14.2. The number of hydrogen-bond donors (Lipinski definition) is 1. The third-order valence-corrected chi connectivity index (χ3v) is 4.81. The van der Waals surface area contributed by atoms with Gasteiger partial charge in [0.1, 0.15) is 6.61 Å². The van der Waals surface area contributed by atoms with Crippen molar-refractivity contribution in [2.75, 3.05) is 40.5 Å². The van der Waals surface area contributed by atoms with Crippen LogP contribution in [0.1, 0.15) is 12.0 Å². The maximum atomic E-state index is 12.4. The highest BCUT2D eigenvalue weighted by atomic mass is 16.6. The Balaban J connectivity index is 1.46. The zero-order valence-electron chi connectivity index (χ0n) is 16.9. The van der Waals surface area contributed by atoms with Crippen LogP contribution in [0.2, 0.25) is 0 Å². The number of methoxy groups -OCH3 is 2. The predicted octanol–water partition coefficient (Wildman–Crippen LogP) is 3.08. The van der Waals surface area contributed by atoms with Gasteiger partial charge in [0.25, 0.3) is 0 Å². The molecule has 7 heteroatoms. The van der Waals surface area contributed by atoms with E-state index in [0.717, 1.165) is 18.5 Å². The van der Waals surface area contributed by atoms with Gasteiger partial charge in [0.15, 0.2) is 11.5 Å². The van der Waals surface area contributed by atoms with E-state index in [-0.39, 0.29) is 18.7 Å². The molecule has 0 aromatic heterocycles. The fourth-order valence-electron chi connectivity index (χ4n) is 3.28. The maximum absolute atomic E-state index is 12.4. The molecule has 2 aromatic rings. The summed E-state index contributed by atoms with van der Waals surface area (Å²) in [7, 11) is 3.19. The first-order valence-corrected chi connectivity index (χ1v) is 9.74. The number of ether oxygens (including phenoxy) is 4. The van der Waals surface area contributed by atoms with Crippen molar-refractivity contribution in [1.82, 2.24) is 10.2 Å². The topological polar surface area (TPSA) is 69.3 Å². The Morgan fingerprint density at radius 1 is 1.07 bits per heavy atom. The molecule has 0 aliphatic carbocycles. The quantitative estimate of drug-likeness (QED) is 0.734. The molecule has 7 nitrogen and oxygen atoms in total. The Hall–Kier alpha value is -2.93. The number of carbonyl (C=O) groups is 1. The molecule has 2 aromatic carbocycles. The number of piperazine rings is 1. The summed E-state index contributed by atoms with van der Waals surface area (Å²) in [5, 5.41) is 3.43. The van der Waals surface area contributed by atoms with Crippen molar-refractivity contribution in [1.29, 1.82) is 0 Å². The van der Waals surface area contributed by atoms with Gasteiger partial charge in [-0.05, 0) is 24.1 Å². The minimum atomic E-state index is -0.282. The van der Waals surface area contributed by atoms with E-state index in [1.165, 1.54) is 0 Å². The fourth-order valence-corrected chi connectivity index (χ4v) is 3.28. The smallest absolute Gasteiger partial charge is 0.410 e. The van der Waals surface area contributed by atoms with Gasteiger partial charge in [0.2, 0.25) is 5.75 Å². The Morgan fingerprint density at radius 2 is 1.86 bits per heavy atom. The van der Waals surface area contributed by atoms with E-state index >= 15 is 0 Å². The molecule has 1 aliphatic heterocycles. The minimum absolute atomic E-state index is 0.143. The highest BCUT2D eigenvalue weighted by molar-refractivity contribution is 5.67. The van der Waals surface area contributed by atoms with Crippen LogP contribution >= 0.6 is 0 Å². The van der Waals surface area contributed by atoms with Gasteiger partial charge < -0.3 is 29.2 Å². The fraction of sp³-hybridized carbons (Fsp3) is 0.409. The Labute approximate surface area is 171 Å². The molecule has 1 aliphatic rings. The summed E-state index contributed by atoms with van der Waals surface area (Å²) in [6, 6.07) is 15.4. The third-order valence-electron chi connectivity index (χ3n) is 4.81. The van der Waals surface area contributed by atoms with Crippen molar-refractivity contribution in [3.05, 3.63) is 54.1 Å². The van der Waals surface area contributed by atoms with Crippen LogP contribution in [0.4, 0.5) is 4.79 Å². The normalized spacial score (nSPS) is 16.2. The van der Waals surface area contributed by atoms with Crippen molar-refractivity contribution in [2.45, 2.75) is 19.1 Å². The van der Waals surface area contributed by atoms with Crippen LogP contribution < -0.4 is 19.5 Å². The summed E-state index contributed by atoms with van der Waals surface area (Å²) in [4.78, 5) is 14.1. The Morgan fingerprint density at radius 3 is 2.62 bits per heavy atom. The summed E-state index contributed by atoms with van der Waals surface area (Å²) in [6.45, 7) is 2.73. The van der Waals surface area contributed by atoms with Crippen molar-refractivity contribution in [3.63, 3.8) is 0 Å². The molecule has 1 N–H and O–H groups in total. The van der Waals surface area contributed by atoms with Crippen LogP contribution in [-0.2, 0) is 11.3 Å². The van der Waals surface area contributed by atoms with Crippen LogP contribution in [0.3, 0.4) is 0 Å². The highest BCUT2D eigenvalue weighted by Gasteiger charge is 2.24.